The number of hydrogen-bond acceptors (Lipinski definition) is 3. The van der Waals surface area contributed by atoms with Crippen molar-refractivity contribution < 1.29 is 4.79 Å². The summed E-state index contributed by atoms with van der Waals surface area (Å²) in [6.07, 6.45) is 6.51. The van der Waals surface area contributed by atoms with Crippen LogP contribution in [0.15, 0.2) is 0 Å². The molecule has 0 bridgehead atoms. The Balaban J connectivity index is 0.00000180. The van der Waals surface area contributed by atoms with Crippen molar-refractivity contribution in [2.24, 2.45) is 5.92 Å². The van der Waals surface area contributed by atoms with Crippen molar-refractivity contribution in [1.29, 1.82) is 0 Å². The maximum atomic E-state index is 11.7. The van der Waals surface area contributed by atoms with Crippen molar-refractivity contribution in [1.82, 2.24) is 15.5 Å². The molecule has 1 aliphatic heterocycles. The van der Waals surface area contributed by atoms with Gasteiger partial charge in [-0.25, -0.2) is 0 Å². The number of likely N-dealkylation sites (N-methyl/N-ethyl adjacent to an activating group) is 1. The molecule has 1 aliphatic carbocycles. The first-order valence-electron chi connectivity index (χ1n) is 7.51. The van der Waals surface area contributed by atoms with E-state index in [4.69, 9.17) is 0 Å². The zero-order chi connectivity index (χ0) is 12.8. The number of carbonyl (C=O) groups excluding carboxylic acids is 1. The van der Waals surface area contributed by atoms with Gasteiger partial charge in [0, 0.05) is 12.6 Å². The van der Waals surface area contributed by atoms with Crippen LogP contribution in [0.1, 0.15) is 39.0 Å². The molecular formula is C14H29Cl2N3O. The zero-order valence-electron chi connectivity index (χ0n) is 12.4. The predicted octanol–water partition coefficient (Wildman–Crippen LogP) is 1.82. The lowest BCUT2D eigenvalue weighted by atomic mass is 10.0. The molecule has 1 amide bonds. The van der Waals surface area contributed by atoms with E-state index in [2.05, 4.69) is 22.5 Å². The van der Waals surface area contributed by atoms with E-state index in [1.165, 1.54) is 38.6 Å². The summed E-state index contributed by atoms with van der Waals surface area (Å²) in [7, 11) is 0. The molecule has 1 atom stereocenters. The molecule has 1 unspecified atom stereocenters. The first-order chi connectivity index (χ1) is 8.79. The third-order valence-corrected chi connectivity index (χ3v) is 4.11. The average molecular weight is 326 g/mol. The second kappa shape index (κ2) is 10.7. The van der Waals surface area contributed by atoms with Gasteiger partial charge in [0.05, 0.1) is 6.54 Å². The molecule has 2 fully saturated rings. The van der Waals surface area contributed by atoms with Gasteiger partial charge >= 0.3 is 0 Å². The van der Waals surface area contributed by atoms with Gasteiger partial charge in [-0.3, -0.25) is 9.69 Å². The third-order valence-electron chi connectivity index (χ3n) is 4.11. The van der Waals surface area contributed by atoms with E-state index < -0.39 is 0 Å². The highest BCUT2D eigenvalue weighted by atomic mass is 35.5. The van der Waals surface area contributed by atoms with Crippen LogP contribution in [0.3, 0.4) is 0 Å². The molecule has 6 heteroatoms. The SMILES string of the molecule is CCN1CCCCC1CNC(=O)CNCC1CC1.Cl.Cl. The molecule has 0 radical (unpaired) electrons. The molecule has 1 heterocycles. The Hall–Kier alpha value is -0.0300. The van der Waals surface area contributed by atoms with Gasteiger partial charge in [-0.2, -0.15) is 0 Å². The number of nitrogens with one attached hydrogen (secondary N) is 2. The molecule has 2 rings (SSSR count). The van der Waals surface area contributed by atoms with Crippen LogP contribution < -0.4 is 10.6 Å². The molecule has 1 saturated heterocycles. The second-order valence-electron chi connectivity index (χ2n) is 5.66. The smallest absolute Gasteiger partial charge is 0.234 e. The van der Waals surface area contributed by atoms with Gasteiger partial charge in [-0.1, -0.05) is 13.3 Å². The quantitative estimate of drug-likeness (QED) is 0.750. The summed E-state index contributed by atoms with van der Waals surface area (Å²) in [5.74, 6) is 0.990. The summed E-state index contributed by atoms with van der Waals surface area (Å²) in [5.41, 5.74) is 0. The summed E-state index contributed by atoms with van der Waals surface area (Å²) < 4.78 is 0. The van der Waals surface area contributed by atoms with Gasteiger partial charge in [0.1, 0.15) is 0 Å². The molecule has 0 aromatic heterocycles. The summed E-state index contributed by atoms with van der Waals surface area (Å²) in [4.78, 5) is 14.2. The molecule has 4 nitrogen and oxygen atoms in total. The minimum absolute atomic E-state index is 0. The highest BCUT2D eigenvalue weighted by Crippen LogP contribution is 2.27. The number of amides is 1. The number of halogens is 2. The van der Waals surface area contributed by atoms with Gasteiger partial charge in [-0.15, -0.1) is 24.8 Å². The molecular weight excluding hydrogens is 297 g/mol. The summed E-state index contributed by atoms with van der Waals surface area (Å²) in [6.45, 7) is 6.81. The number of carbonyl (C=O) groups is 1. The van der Waals surface area contributed by atoms with Gasteiger partial charge in [0.25, 0.3) is 0 Å². The number of piperidine rings is 1. The van der Waals surface area contributed by atoms with Crippen molar-refractivity contribution in [3.05, 3.63) is 0 Å². The number of likely N-dealkylation sites (tertiary alicyclic amines) is 1. The first-order valence-corrected chi connectivity index (χ1v) is 7.51. The lowest BCUT2D eigenvalue weighted by molar-refractivity contribution is -0.120. The zero-order valence-corrected chi connectivity index (χ0v) is 14.0. The Morgan fingerprint density at radius 3 is 2.55 bits per heavy atom. The highest BCUT2D eigenvalue weighted by Gasteiger charge is 2.22. The van der Waals surface area contributed by atoms with E-state index in [1.54, 1.807) is 0 Å². The van der Waals surface area contributed by atoms with Gasteiger partial charge in [0.2, 0.25) is 5.91 Å². The van der Waals surface area contributed by atoms with Gasteiger partial charge < -0.3 is 10.6 Å². The fourth-order valence-corrected chi connectivity index (χ4v) is 2.71. The van der Waals surface area contributed by atoms with Crippen molar-refractivity contribution >= 4 is 30.7 Å². The lowest BCUT2D eigenvalue weighted by Gasteiger charge is -2.34. The van der Waals surface area contributed by atoms with E-state index in [0.29, 0.717) is 12.6 Å². The van der Waals surface area contributed by atoms with Crippen LogP contribution in [-0.4, -0.2) is 49.6 Å². The Labute approximate surface area is 135 Å². The molecule has 20 heavy (non-hydrogen) atoms. The van der Waals surface area contributed by atoms with Crippen LogP contribution in [0, 0.1) is 5.92 Å². The van der Waals surface area contributed by atoms with Crippen molar-refractivity contribution in [3.63, 3.8) is 0 Å². The third kappa shape index (κ3) is 7.11. The van der Waals surface area contributed by atoms with Crippen LogP contribution in [0.25, 0.3) is 0 Å². The Bertz CT molecular complexity index is 275. The fourth-order valence-electron chi connectivity index (χ4n) is 2.71. The Morgan fingerprint density at radius 2 is 1.90 bits per heavy atom. The molecule has 0 aromatic carbocycles. The minimum atomic E-state index is 0. The van der Waals surface area contributed by atoms with E-state index in [1.807, 2.05) is 0 Å². The van der Waals surface area contributed by atoms with Crippen LogP contribution in [0.5, 0.6) is 0 Å². The predicted molar refractivity (Wildman–Crippen MR) is 88.0 cm³/mol. The second-order valence-corrected chi connectivity index (χ2v) is 5.66. The molecule has 120 valence electrons. The standard InChI is InChI=1S/C14H27N3O.2ClH/c1-2-17-8-4-3-5-13(17)10-16-14(18)11-15-9-12-6-7-12;;/h12-13,15H,2-11H2,1H3,(H,16,18);2*1H. The van der Waals surface area contributed by atoms with Crippen LogP contribution in [0.4, 0.5) is 0 Å². The van der Waals surface area contributed by atoms with E-state index in [0.717, 1.165) is 25.6 Å². The molecule has 2 aliphatic rings. The normalized spacial score (nSPS) is 22.6. The molecule has 1 saturated carbocycles. The van der Waals surface area contributed by atoms with Crippen molar-refractivity contribution in [2.45, 2.75) is 45.1 Å². The van der Waals surface area contributed by atoms with Gasteiger partial charge in [0.15, 0.2) is 0 Å². The van der Waals surface area contributed by atoms with Crippen LogP contribution >= 0.6 is 24.8 Å². The Kier molecular flexibility index (Phi) is 10.6. The van der Waals surface area contributed by atoms with Gasteiger partial charge in [-0.05, 0) is 51.2 Å². The van der Waals surface area contributed by atoms with E-state index in [9.17, 15) is 4.79 Å². The first kappa shape index (κ1) is 20.0. The number of nitrogens with zero attached hydrogens (tertiary/aromatic N) is 1. The molecule has 0 spiro atoms. The van der Waals surface area contributed by atoms with Crippen molar-refractivity contribution in [2.75, 3.05) is 32.7 Å². The van der Waals surface area contributed by atoms with Crippen molar-refractivity contribution in [3.8, 4) is 0 Å². The summed E-state index contributed by atoms with van der Waals surface area (Å²) >= 11 is 0. The largest absolute Gasteiger partial charge is 0.353 e. The average Bonchev–Trinajstić information content (AvgIpc) is 3.21. The fraction of sp³-hybridized carbons (Fsp3) is 0.929. The maximum Gasteiger partial charge on any atom is 0.234 e. The number of hydrogen-bond donors (Lipinski definition) is 2. The van der Waals surface area contributed by atoms with Crippen LogP contribution in [0.2, 0.25) is 0 Å². The number of rotatable bonds is 7. The molecule has 2 N–H and O–H groups in total. The monoisotopic (exact) mass is 325 g/mol. The van der Waals surface area contributed by atoms with E-state index >= 15 is 0 Å². The lowest BCUT2D eigenvalue weighted by Crippen LogP contribution is -2.47. The summed E-state index contributed by atoms with van der Waals surface area (Å²) in [6, 6.07) is 0.552. The topological polar surface area (TPSA) is 44.4 Å². The summed E-state index contributed by atoms with van der Waals surface area (Å²) in [5, 5.41) is 6.30. The van der Waals surface area contributed by atoms with Crippen LogP contribution in [-0.2, 0) is 4.79 Å². The van der Waals surface area contributed by atoms with E-state index in [-0.39, 0.29) is 30.7 Å². The highest BCUT2D eigenvalue weighted by molar-refractivity contribution is 5.85. The molecule has 0 aromatic rings. The minimum Gasteiger partial charge on any atom is -0.353 e. The Morgan fingerprint density at radius 1 is 1.15 bits per heavy atom. The maximum absolute atomic E-state index is 11.7.